The molecule has 1 aromatic rings. The fourth-order valence-corrected chi connectivity index (χ4v) is 5.50. The van der Waals surface area contributed by atoms with Crippen LogP contribution in [0.5, 0.6) is 0 Å². The van der Waals surface area contributed by atoms with Crippen molar-refractivity contribution in [2.75, 3.05) is 0 Å². The van der Waals surface area contributed by atoms with Gasteiger partial charge in [0.25, 0.3) is 0 Å². The van der Waals surface area contributed by atoms with E-state index in [1.165, 1.54) is 18.1 Å². The van der Waals surface area contributed by atoms with Crippen LogP contribution in [0, 0.1) is 0 Å². The summed E-state index contributed by atoms with van der Waals surface area (Å²) < 4.78 is 6.20. The Hall–Kier alpha value is -0.0931. The number of aromatic nitrogens is 1. The van der Waals surface area contributed by atoms with Gasteiger partial charge in [0.05, 0.1) is 0 Å². The average molecular weight is 262 g/mol. The number of hydrogen-bond acceptors (Lipinski definition) is 2. The second-order valence-electron chi connectivity index (χ2n) is 3.35. The highest BCUT2D eigenvalue weighted by Crippen LogP contribution is 2.21. The zero-order chi connectivity index (χ0) is 9.90. The molecule has 0 bridgehead atoms. The lowest BCUT2D eigenvalue weighted by molar-refractivity contribution is 0.437. The largest absolute Gasteiger partial charge is 0.366 e. The summed E-state index contributed by atoms with van der Waals surface area (Å²) >= 11 is 3.33. The molecule has 0 aliphatic carbocycles. The predicted octanol–water partition coefficient (Wildman–Crippen LogP) is 3.15. The second-order valence-corrected chi connectivity index (χ2v) is 9.34. The summed E-state index contributed by atoms with van der Waals surface area (Å²) in [6, 6.07) is 5.76. The molecule has 1 rings (SSSR count). The molecule has 1 aromatic heterocycles. The van der Waals surface area contributed by atoms with Gasteiger partial charge in [-0.05, 0) is 15.9 Å². The summed E-state index contributed by atoms with van der Waals surface area (Å²) in [5.41, 5.74) is 0. The maximum Gasteiger partial charge on any atom is 0.148 e. The summed E-state index contributed by atoms with van der Waals surface area (Å²) in [6.45, 7) is 6.78. The molecular formula is C9H16BrNOSi. The van der Waals surface area contributed by atoms with Crippen LogP contribution >= 0.6 is 15.9 Å². The third-order valence-corrected chi connectivity index (χ3v) is 8.75. The van der Waals surface area contributed by atoms with E-state index in [2.05, 4.69) is 41.9 Å². The Morgan fingerprint density at radius 2 is 1.85 bits per heavy atom. The van der Waals surface area contributed by atoms with Gasteiger partial charge in [0, 0.05) is 6.07 Å². The molecule has 2 nitrogen and oxygen atoms in total. The maximum atomic E-state index is 5.37. The Balaban J connectivity index is 3.00. The van der Waals surface area contributed by atoms with Gasteiger partial charge in [-0.3, -0.25) is 0 Å². The van der Waals surface area contributed by atoms with Crippen molar-refractivity contribution >= 4 is 29.4 Å². The Morgan fingerprint density at radius 1 is 1.31 bits per heavy atom. The fraction of sp³-hybridized carbons (Fsp3) is 0.667. The van der Waals surface area contributed by atoms with Gasteiger partial charge < -0.3 is 4.52 Å². The molecule has 0 spiro atoms. The molecule has 13 heavy (non-hydrogen) atoms. The van der Waals surface area contributed by atoms with E-state index in [9.17, 15) is 0 Å². The predicted molar refractivity (Wildman–Crippen MR) is 61.0 cm³/mol. The van der Waals surface area contributed by atoms with Crippen LogP contribution in [-0.4, -0.2) is 13.2 Å². The minimum Gasteiger partial charge on any atom is -0.366 e. The van der Waals surface area contributed by atoms with Crippen LogP contribution in [0.4, 0.5) is 0 Å². The molecule has 0 radical (unpaired) electrons. The molecule has 0 fully saturated rings. The van der Waals surface area contributed by atoms with Crippen molar-refractivity contribution in [1.29, 1.82) is 0 Å². The molecule has 0 unspecified atom stereocenters. The highest BCUT2D eigenvalue weighted by atomic mass is 79.9. The first-order valence-corrected chi connectivity index (χ1v) is 8.22. The van der Waals surface area contributed by atoms with Crippen molar-refractivity contribution in [3.63, 3.8) is 0 Å². The molecule has 0 saturated heterocycles. The van der Waals surface area contributed by atoms with Gasteiger partial charge in [0.1, 0.15) is 18.1 Å². The molecule has 74 valence electrons. The van der Waals surface area contributed by atoms with E-state index in [1.807, 2.05) is 6.07 Å². The topological polar surface area (TPSA) is 26.0 Å². The van der Waals surface area contributed by atoms with E-state index in [1.54, 1.807) is 0 Å². The molecule has 0 atom stereocenters. The van der Waals surface area contributed by atoms with Crippen molar-refractivity contribution in [2.45, 2.75) is 38.9 Å². The van der Waals surface area contributed by atoms with Crippen molar-refractivity contribution in [2.24, 2.45) is 0 Å². The minimum atomic E-state index is -1.33. The number of halogens is 1. The van der Waals surface area contributed by atoms with Crippen molar-refractivity contribution in [3.05, 3.63) is 10.7 Å². The normalized spacial score (nSPS) is 12.0. The summed E-state index contributed by atoms with van der Waals surface area (Å²) in [6.07, 6.45) is 0. The zero-order valence-electron chi connectivity index (χ0n) is 8.43. The molecule has 1 heterocycles. The molecule has 0 aliphatic heterocycles. The summed E-state index contributed by atoms with van der Waals surface area (Å²) in [5, 5.41) is 5.05. The molecule has 0 aromatic carbocycles. The summed E-state index contributed by atoms with van der Waals surface area (Å²) in [5.74, 6) is 0. The van der Waals surface area contributed by atoms with E-state index >= 15 is 0 Å². The summed E-state index contributed by atoms with van der Waals surface area (Å²) in [7, 11) is -1.33. The van der Waals surface area contributed by atoms with Gasteiger partial charge in [-0.15, -0.1) is 0 Å². The third kappa shape index (κ3) is 2.04. The van der Waals surface area contributed by atoms with Crippen molar-refractivity contribution in [1.82, 2.24) is 5.16 Å². The van der Waals surface area contributed by atoms with E-state index in [4.69, 9.17) is 4.52 Å². The van der Waals surface area contributed by atoms with Gasteiger partial charge in [0.2, 0.25) is 0 Å². The molecular weight excluding hydrogens is 246 g/mol. The molecule has 0 saturated carbocycles. The fourth-order valence-electron chi connectivity index (χ4n) is 1.78. The SMILES string of the molecule is CC[Si](CC)(CC)c1cc(Br)no1. The highest BCUT2D eigenvalue weighted by Gasteiger charge is 2.33. The van der Waals surface area contributed by atoms with E-state index in [0.717, 1.165) is 9.99 Å². The number of hydrogen-bond donors (Lipinski definition) is 0. The van der Waals surface area contributed by atoms with Gasteiger partial charge in [0.15, 0.2) is 0 Å². The van der Waals surface area contributed by atoms with Crippen molar-refractivity contribution < 1.29 is 4.52 Å². The lowest BCUT2D eigenvalue weighted by Gasteiger charge is -2.23. The number of rotatable bonds is 4. The average Bonchev–Trinajstić information content (AvgIpc) is 2.57. The summed E-state index contributed by atoms with van der Waals surface area (Å²) in [4.78, 5) is 0. The van der Waals surface area contributed by atoms with E-state index < -0.39 is 8.07 Å². The Morgan fingerprint density at radius 3 is 2.15 bits per heavy atom. The van der Waals surface area contributed by atoms with Gasteiger partial charge in [-0.25, -0.2) is 0 Å². The van der Waals surface area contributed by atoms with Gasteiger partial charge >= 0.3 is 0 Å². The zero-order valence-corrected chi connectivity index (χ0v) is 11.0. The van der Waals surface area contributed by atoms with Crippen LogP contribution < -0.4 is 5.38 Å². The molecule has 4 heteroatoms. The Bertz CT molecular complexity index is 262. The lowest BCUT2D eigenvalue weighted by Crippen LogP contribution is -2.44. The molecule has 0 N–H and O–H groups in total. The Kier molecular flexibility index (Phi) is 3.73. The van der Waals surface area contributed by atoms with Crippen LogP contribution in [0.3, 0.4) is 0 Å². The monoisotopic (exact) mass is 261 g/mol. The highest BCUT2D eigenvalue weighted by molar-refractivity contribution is 9.10. The van der Waals surface area contributed by atoms with Crippen molar-refractivity contribution in [3.8, 4) is 0 Å². The van der Waals surface area contributed by atoms with Gasteiger partial charge in [-0.2, -0.15) is 0 Å². The Labute approximate surface area is 88.8 Å². The molecule has 0 aliphatic rings. The first-order chi connectivity index (χ1) is 6.18. The van der Waals surface area contributed by atoms with E-state index in [-0.39, 0.29) is 0 Å². The maximum absolute atomic E-state index is 5.37. The van der Waals surface area contributed by atoms with Crippen LogP contribution in [0.25, 0.3) is 0 Å². The quantitative estimate of drug-likeness (QED) is 0.779. The first kappa shape index (κ1) is 11.0. The third-order valence-electron chi connectivity index (χ3n) is 3.03. The first-order valence-electron chi connectivity index (χ1n) is 4.81. The van der Waals surface area contributed by atoms with Crippen LogP contribution in [0.2, 0.25) is 18.1 Å². The smallest absolute Gasteiger partial charge is 0.148 e. The number of nitrogens with zero attached hydrogens (tertiary/aromatic N) is 1. The minimum absolute atomic E-state index is 0.828. The molecule has 0 amide bonds. The lowest BCUT2D eigenvalue weighted by atomic mass is 10.8. The van der Waals surface area contributed by atoms with Crippen LogP contribution in [-0.2, 0) is 0 Å². The standard InChI is InChI=1S/C9H16BrNOSi/c1-4-13(5-2,6-3)9-7-8(10)11-12-9/h7H,4-6H2,1-3H3. The van der Waals surface area contributed by atoms with E-state index in [0.29, 0.717) is 0 Å². The second kappa shape index (κ2) is 4.42. The van der Waals surface area contributed by atoms with Crippen LogP contribution in [0.15, 0.2) is 15.2 Å². The van der Waals surface area contributed by atoms with Crippen LogP contribution in [0.1, 0.15) is 20.8 Å². The van der Waals surface area contributed by atoms with Gasteiger partial charge in [-0.1, -0.05) is 44.1 Å².